The van der Waals surface area contributed by atoms with E-state index in [1.165, 1.54) is 7.11 Å². The Morgan fingerprint density at radius 2 is 1.52 bits per heavy atom. The van der Waals surface area contributed by atoms with Gasteiger partial charge in [0, 0.05) is 62.7 Å². The number of phenolic OH excluding ortho intramolecular Hbond substituents is 1. The van der Waals surface area contributed by atoms with Gasteiger partial charge in [-0.2, -0.15) is 0 Å². The second-order valence-electron chi connectivity index (χ2n) is 7.13. The van der Waals surface area contributed by atoms with E-state index >= 15 is 0 Å². The predicted molar refractivity (Wildman–Crippen MR) is 113 cm³/mol. The number of H-pyrrole nitrogens is 3. The number of rotatable bonds is 3. The van der Waals surface area contributed by atoms with Gasteiger partial charge >= 0.3 is 5.97 Å². The van der Waals surface area contributed by atoms with Crippen molar-refractivity contribution in [3.05, 3.63) is 66.2 Å². The summed E-state index contributed by atoms with van der Waals surface area (Å²) in [6, 6.07) is 11.4. The molecule has 0 aliphatic rings. The van der Waals surface area contributed by atoms with Crippen LogP contribution in [0.1, 0.15) is 16.1 Å². The number of hydrogen-bond donors (Lipinski definition) is 4. The Hall–Kier alpha value is -3.93. The topological polar surface area (TPSA) is 93.9 Å². The number of fused-ring (bicyclic) bond motifs is 2. The van der Waals surface area contributed by atoms with Crippen molar-refractivity contribution in [3.8, 4) is 28.0 Å². The molecule has 5 aromatic rings. The van der Waals surface area contributed by atoms with Crippen LogP contribution in [0.2, 0.25) is 0 Å². The maximum absolute atomic E-state index is 12.5. The molecule has 5 rings (SSSR count). The van der Waals surface area contributed by atoms with E-state index in [0.717, 1.165) is 49.6 Å². The molecule has 0 amide bonds. The number of aromatic hydroxyl groups is 1. The average molecular weight is 385 g/mol. The highest BCUT2D eigenvalue weighted by Gasteiger charge is 2.24. The zero-order valence-corrected chi connectivity index (χ0v) is 16.0. The van der Waals surface area contributed by atoms with Crippen LogP contribution in [-0.4, -0.2) is 33.1 Å². The maximum atomic E-state index is 12.5. The van der Waals surface area contributed by atoms with Crippen LogP contribution in [0.25, 0.3) is 44.1 Å². The minimum atomic E-state index is -0.447. The van der Waals surface area contributed by atoms with Gasteiger partial charge in [0.15, 0.2) is 0 Å². The van der Waals surface area contributed by atoms with Gasteiger partial charge in [-0.25, -0.2) is 4.79 Å². The molecule has 0 bridgehead atoms. The minimum absolute atomic E-state index is 0.165. The Kier molecular flexibility index (Phi) is 3.74. The van der Waals surface area contributed by atoms with Gasteiger partial charge in [0.05, 0.1) is 7.11 Å². The first kappa shape index (κ1) is 17.2. The number of carbonyl (C=O) groups is 1. The smallest absolute Gasteiger partial charge is 0.355 e. The number of nitrogens with one attached hydrogen (secondary N) is 3. The van der Waals surface area contributed by atoms with Crippen LogP contribution in [0.3, 0.4) is 0 Å². The van der Waals surface area contributed by atoms with Crippen molar-refractivity contribution < 1.29 is 14.6 Å². The van der Waals surface area contributed by atoms with Crippen molar-refractivity contribution in [2.24, 2.45) is 0 Å². The van der Waals surface area contributed by atoms with E-state index in [4.69, 9.17) is 4.74 Å². The molecule has 0 saturated heterocycles. The van der Waals surface area contributed by atoms with Crippen molar-refractivity contribution in [2.45, 2.75) is 6.92 Å². The van der Waals surface area contributed by atoms with Crippen LogP contribution in [0, 0.1) is 6.92 Å². The van der Waals surface area contributed by atoms with E-state index in [1.54, 1.807) is 12.1 Å². The van der Waals surface area contributed by atoms with Crippen molar-refractivity contribution in [2.75, 3.05) is 7.11 Å². The Bertz CT molecular complexity index is 1390. The molecule has 6 heteroatoms. The standard InChI is InChI=1S/C23H19N3O3/c1-12-3-5-19-14(7-12)16(9-24-19)18-11-26-22(23(28)29-2)21(18)17-10-25-20-6-4-13(27)8-15(17)20/h3-11,24-27H,1-2H3. The summed E-state index contributed by atoms with van der Waals surface area (Å²) in [4.78, 5) is 22.1. The number of aryl methyl sites for hydroxylation is 1. The number of esters is 1. The van der Waals surface area contributed by atoms with Crippen molar-refractivity contribution in [3.63, 3.8) is 0 Å². The van der Waals surface area contributed by atoms with Crippen LogP contribution in [0.5, 0.6) is 5.75 Å². The summed E-state index contributed by atoms with van der Waals surface area (Å²) in [5, 5.41) is 11.9. The molecule has 0 fully saturated rings. The zero-order chi connectivity index (χ0) is 20.1. The molecule has 3 aromatic heterocycles. The van der Waals surface area contributed by atoms with Crippen LogP contribution in [0.4, 0.5) is 0 Å². The Morgan fingerprint density at radius 3 is 2.28 bits per heavy atom. The highest BCUT2D eigenvalue weighted by atomic mass is 16.5. The van der Waals surface area contributed by atoms with Gasteiger partial charge in [-0.05, 0) is 37.3 Å². The summed E-state index contributed by atoms with van der Waals surface area (Å²) in [6.45, 7) is 2.05. The van der Waals surface area contributed by atoms with Gasteiger partial charge < -0.3 is 24.8 Å². The highest BCUT2D eigenvalue weighted by Crippen LogP contribution is 2.42. The first-order valence-electron chi connectivity index (χ1n) is 9.25. The first-order chi connectivity index (χ1) is 14.1. The molecular formula is C23H19N3O3. The normalized spacial score (nSPS) is 11.4. The largest absolute Gasteiger partial charge is 0.508 e. The molecule has 3 heterocycles. The number of aromatic amines is 3. The molecule has 144 valence electrons. The van der Waals surface area contributed by atoms with Gasteiger partial charge in [0.1, 0.15) is 11.4 Å². The summed E-state index contributed by atoms with van der Waals surface area (Å²) in [5.41, 5.74) is 6.83. The average Bonchev–Trinajstić information content (AvgIpc) is 3.42. The molecule has 0 atom stereocenters. The molecule has 0 saturated carbocycles. The lowest BCUT2D eigenvalue weighted by Gasteiger charge is -2.07. The third-order valence-electron chi connectivity index (χ3n) is 5.33. The summed E-state index contributed by atoms with van der Waals surface area (Å²) >= 11 is 0. The number of phenols is 1. The van der Waals surface area contributed by atoms with Gasteiger partial charge in [-0.15, -0.1) is 0 Å². The molecule has 0 spiro atoms. The summed E-state index contributed by atoms with van der Waals surface area (Å²) in [6.07, 6.45) is 5.63. The second-order valence-corrected chi connectivity index (χ2v) is 7.13. The molecule has 6 nitrogen and oxygen atoms in total. The molecule has 4 N–H and O–H groups in total. The first-order valence-corrected chi connectivity index (χ1v) is 9.25. The van der Waals surface area contributed by atoms with Crippen molar-refractivity contribution >= 4 is 27.8 Å². The van der Waals surface area contributed by atoms with E-state index in [0.29, 0.717) is 5.69 Å². The number of ether oxygens (including phenoxy) is 1. The fourth-order valence-corrected chi connectivity index (χ4v) is 3.95. The summed E-state index contributed by atoms with van der Waals surface area (Å²) in [7, 11) is 1.36. The number of aromatic nitrogens is 3. The lowest BCUT2D eigenvalue weighted by atomic mass is 9.95. The van der Waals surface area contributed by atoms with E-state index < -0.39 is 5.97 Å². The monoisotopic (exact) mass is 385 g/mol. The van der Waals surface area contributed by atoms with Crippen LogP contribution in [-0.2, 0) is 4.74 Å². The molecule has 2 aromatic carbocycles. The van der Waals surface area contributed by atoms with Crippen molar-refractivity contribution in [1.82, 2.24) is 15.0 Å². The zero-order valence-electron chi connectivity index (χ0n) is 16.0. The molecule has 0 aliphatic carbocycles. The SMILES string of the molecule is COC(=O)c1[nH]cc(-c2c[nH]c3ccc(C)cc23)c1-c1c[nH]c2ccc(O)cc12. The molecular weight excluding hydrogens is 366 g/mol. The van der Waals surface area contributed by atoms with Crippen LogP contribution in [0.15, 0.2) is 55.0 Å². The fraction of sp³-hybridized carbons (Fsp3) is 0.0870. The Balaban J connectivity index is 1.84. The quantitative estimate of drug-likeness (QED) is 0.325. The predicted octanol–water partition coefficient (Wildman–Crippen LogP) is 5.11. The molecule has 0 aliphatic heterocycles. The maximum Gasteiger partial charge on any atom is 0.355 e. The number of carbonyl (C=O) groups excluding carboxylic acids is 1. The molecule has 29 heavy (non-hydrogen) atoms. The third-order valence-corrected chi connectivity index (χ3v) is 5.33. The number of methoxy groups -OCH3 is 1. The number of hydrogen-bond acceptors (Lipinski definition) is 3. The second kappa shape index (κ2) is 6.31. The van der Waals surface area contributed by atoms with E-state index in [1.807, 2.05) is 30.7 Å². The third kappa shape index (κ3) is 2.61. The lowest BCUT2D eigenvalue weighted by Crippen LogP contribution is -2.03. The van der Waals surface area contributed by atoms with Gasteiger partial charge in [-0.3, -0.25) is 0 Å². The van der Waals surface area contributed by atoms with Gasteiger partial charge in [0.2, 0.25) is 0 Å². The van der Waals surface area contributed by atoms with Crippen molar-refractivity contribution in [1.29, 1.82) is 0 Å². The Labute approximate surface area is 166 Å². The minimum Gasteiger partial charge on any atom is -0.508 e. The van der Waals surface area contributed by atoms with Gasteiger partial charge in [-0.1, -0.05) is 11.6 Å². The fourth-order valence-electron chi connectivity index (χ4n) is 3.95. The summed E-state index contributed by atoms with van der Waals surface area (Å²) in [5.74, 6) is -0.283. The summed E-state index contributed by atoms with van der Waals surface area (Å²) < 4.78 is 5.01. The lowest BCUT2D eigenvalue weighted by molar-refractivity contribution is 0.0596. The van der Waals surface area contributed by atoms with Gasteiger partial charge in [0.25, 0.3) is 0 Å². The van der Waals surface area contributed by atoms with E-state index in [9.17, 15) is 9.90 Å². The Morgan fingerprint density at radius 1 is 0.862 bits per heavy atom. The van der Waals surface area contributed by atoms with E-state index in [2.05, 4.69) is 34.0 Å². The molecule has 0 unspecified atom stereocenters. The van der Waals surface area contributed by atoms with E-state index in [-0.39, 0.29) is 5.75 Å². The number of benzene rings is 2. The van der Waals surface area contributed by atoms with Crippen LogP contribution >= 0.6 is 0 Å². The molecule has 0 radical (unpaired) electrons. The highest BCUT2D eigenvalue weighted by molar-refractivity contribution is 6.10. The van der Waals surface area contributed by atoms with Crippen LogP contribution < -0.4 is 0 Å².